The smallest absolute Gasteiger partial charge is 0.407 e. The first kappa shape index (κ1) is 16.7. The molecule has 126 valence electrons. The van der Waals surface area contributed by atoms with Gasteiger partial charge in [0, 0.05) is 19.2 Å². The van der Waals surface area contributed by atoms with Gasteiger partial charge in [-0.25, -0.2) is 4.79 Å². The molecule has 4 nitrogen and oxygen atoms in total. The van der Waals surface area contributed by atoms with Crippen LogP contribution in [0.2, 0.25) is 10.0 Å². The van der Waals surface area contributed by atoms with E-state index in [-0.39, 0.29) is 6.10 Å². The number of amides is 1. The second-order valence-corrected chi connectivity index (χ2v) is 7.48. The molecule has 3 rings (SSSR count). The zero-order valence-electron chi connectivity index (χ0n) is 12.9. The summed E-state index contributed by atoms with van der Waals surface area (Å²) in [6.45, 7) is 1.32. The van der Waals surface area contributed by atoms with E-state index < -0.39 is 6.09 Å². The minimum absolute atomic E-state index is 0.204. The molecule has 1 N–H and O–H groups in total. The van der Waals surface area contributed by atoms with Gasteiger partial charge in [-0.1, -0.05) is 23.2 Å². The van der Waals surface area contributed by atoms with Gasteiger partial charge in [0.05, 0.1) is 16.1 Å². The molecular formula is C17H21Cl2NO3. The molecule has 0 unspecified atom stereocenters. The van der Waals surface area contributed by atoms with E-state index in [0.717, 1.165) is 44.3 Å². The van der Waals surface area contributed by atoms with Crippen molar-refractivity contribution in [2.45, 2.75) is 44.6 Å². The molecule has 1 aromatic rings. The van der Waals surface area contributed by atoms with E-state index in [4.69, 9.17) is 33.0 Å². The van der Waals surface area contributed by atoms with Crippen LogP contribution in [0, 0.1) is 5.41 Å². The average molecular weight is 358 g/mol. The number of piperidine rings is 1. The van der Waals surface area contributed by atoms with E-state index in [1.54, 1.807) is 12.1 Å². The first-order valence-electron chi connectivity index (χ1n) is 8.07. The Balaban J connectivity index is 1.52. The van der Waals surface area contributed by atoms with E-state index in [2.05, 4.69) is 0 Å². The molecule has 23 heavy (non-hydrogen) atoms. The second kappa shape index (κ2) is 6.78. The van der Waals surface area contributed by atoms with Gasteiger partial charge in [-0.15, -0.1) is 0 Å². The van der Waals surface area contributed by atoms with Gasteiger partial charge in [-0.3, -0.25) is 0 Å². The summed E-state index contributed by atoms with van der Waals surface area (Å²) in [4.78, 5) is 12.5. The van der Waals surface area contributed by atoms with Gasteiger partial charge < -0.3 is 14.7 Å². The SMILES string of the molecule is O=C(O)N1CCC2(CCC(Oc3ccc(Cl)c(Cl)c3)CC2)CC1. The fraction of sp³-hybridized carbons (Fsp3) is 0.588. The zero-order valence-corrected chi connectivity index (χ0v) is 14.4. The Labute approximate surface area is 146 Å². The quantitative estimate of drug-likeness (QED) is 0.803. The van der Waals surface area contributed by atoms with Crippen molar-refractivity contribution in [2.24, 2.45) is 5.41 Å². The number of nitrogens with zero attached hydrogens (tertiary/aromatic N) is 1. The van der Waals surface area contributed by atoms with Crippen LogP contribution in [0.1, 0.15) is 38.5 Å². The normalized spacial score (nSPS) is 21.4. The predicted octanol–water partition coefficient (Wildman–Crippen LogP) is 5.08. The van der Waals surface area contributed by atoms with E-state index in [9.17, 15) is 4.79 Å². The molecule has 0 aromatic heterocycles. The third kappa shape index (κ3) is 3.86. The maximum absolute atomic E-state index is 11.0. The molecular weight excluding hydrogens is 337 g/mol. The molecule has 1 heterocycles. The van der Waals surface area contributed by atoms with Crippen LogP contribution >= 0.6 is 23.2 Å². The monoisotopic (exact) mass is 357 g/mol. The summed E-state index contributed by atoms with van der Waals surface area (Å²) in [6, 6.07) is 5.37. The molecule has 1 saturated heterocycles. The van der Waals surface area contributed by atoms with Crippen LogP contribution in [0.3, 0.4) is 0 Å². The fourth-order valence-corrected chi connectivity index (χ4v) is 4.02. The molecule has 1 saturated carbocycles. The Bertz CT molecular complexity index is 575. The number of benzene rings is 1. The van der Waals surface area contributed by atoms with Crippen molar-refractivity contribution < 1.29 is 14.6 Å². The molecule has 2 aliphatic rings. The molecule has 0 radical (unpaired) electrons. The van der Waals surface area contributed by atoms with E-state index in [1.807, 2.05) is 6.07 Å². The molecule has 1 aliphatic heterocycles. The highest BCUT2D eigenvalue weighted by Crippen LogP contribution is 2.45. The maximum Gasteiger partial charge on any atom is 0.407 e. The number of likely N-dealkylation sites (tertiary alicyclic amines) is 1. The van der Waals surface area contributed by atoms with Crippen molar-refractivity contribution >= 4 is 29.3 Å². The number of hydrogen-bond donors (Lipinski definition) is 1. The van der Waals surface area contributed by atoms with Crippen molar-refractivity contribution in [3.05, 3.63) is 28.2 Å². The molecule has 1 spiro atoms. The van der Waals surface area contributed by atoms with E-state index in [1.165, 1.54) is 4.90 Å². The van der Waals surface area contributed by atoms with Crippen molar-refractivity contribution in [2.75, 3.05) is 13.1 Å². The Morgan fingerprint density at radius 1 is 1.13 bits per heavy atom. The average Bonchev–Trinajstić information content (AvgIpc) is 2.54. The Hall–Kier alpha value is -1.13. The summed E-state index contributed by atoms with van der Waals surface area (Å²) < 4.78 is 6.04. The summed E-state index contributed by atoms with van der Waals surface area (Å²) in [7, 11) is 0. The third-order valence-corrected chi connectivity index (χ3v) is 6.02. The predicted molar refractivity (Wildman–Crippen MR) is 90.6 cm³/mol. The second-order valence-electron chi connectivity index (χ2n) is 6.66. The number of carboxylic acid groups (broad SMARTS) is 1. The van der Waals surface area contributed by atoms with E-state index in [0.29, 0.717) is 28.5 Å². The van der Waals surface area contributed by atoms with Gasteiger partial charge in [0.1, 0.15) is 5.75 Å². The molecule has 0 bridgehead atoms. The Kier molecular flexibility index (Phi) is 4.93. The number of ether oxygens (including phenoxy) is 1. The molecule has 0 atom stereocenters. The van der Waals surface area contributed by atoms with Gasteiger partial charge in [-0.2, -0.15) is 0 Å². The van der Waals surface area contributed by atoms with Crippen molar-refractivity contribution in [3.63, 3.8) is 0 Å². The molecule has 1 aliphatic carbocycles. The lowest BCUT2D eigenvalue weighted by Crippen LogP contribution is -2.44. The lowest BCUT2D eigenvalue weighted by Gasteiger charge is -2.45. The van der Waals surface area contributed by atoms with Gasteiger partial charge in [0.2, 0.25) is 0 Å². The third-order valence-electron chi connectivity index (χ3n) is 5.28. The standard InChI is InChI=1S/C17H21Cl2NO3/c18-14-2-1-13(11-15(14)19)23-12-3-5-17(6-4-12)7-9-20(10-8-17)16(21)22/h1-2,11-12H,3-10H2,(H,21,22). The van der Waals surface area contributed by atoms with Crippen LogP contribution in [0.25, 0.3) is 0 Å². The lowest BCUT2D eigenvalue weighted by atomic mass is 9.67. The first-order valence-corrected chi connectivity index (χ1v) is 8.83. The highest BCUT2D eigenvalue weighted by Gasteiger charge is 2.39. The minimum Gasteiger partial charge on any atom is -0.490 e. The van der Waals surface area contributed by atoms with Crippen molar-refractivity contribution in [1.82, 2.24) is 4.90 Å². The minimum atomic E-state index is -0.795. The number of carbonyl (C=O) groups is 1. The zero-order chi connectivity index (χ0) is 16.4. The van der Waals surface area contributed by atoms with Crippen LogP contribution < -0.4 is 4.74 Å². The number of hydrogen-bond acceptors (Lipinski definition) is 2. The van der Waals surface area contributed by atoms with Crippen LogP contribution in [0.5, 0.6) is 5.75 Å². The summed E-state index contributed by atoms with van der Waals surface area (Å²) in [5, 5.41) is 10.1. The Morgan fingerprint density at radius 3 is 2.35 bits per heavy atom. The van der Waals surface area contributed by atoms with Crippen LogP contribution in [-0.4, -0.2) is 35.3 Å². The van der Waals surface area contributed by atoms with Crippen molar-refractivity contribution in [1.29, 1.82) is 0 Å². The van der Waals surface area contributed by atoms with Gasteiger partial charge in [-0.05, 0) is 56.1 Å². The van der Waals surface area contributed by atoms with Crippen molar-refractivity contribution in [3.8, 4) is 5.75 Å². The summed E-state index contributed by atoms with van der Waals surface area (Å²) in [5.41, 5.74) is 0.309. The van der Waals surface area contributed by atoms with Gasteiger partial charge >= 0.3 is 6.09 Å². The summed E-state index contributed by atoms with van der Waals surface area (Å²) >= 11 is 11.9. The largest absolute Gasteiger partial charge is 0.490 e. The topological polar surface area (TPSA) is 49.8 Å². The Morgan fingerprint density at radius 2 is 1.78 bits per heavy atom. The summed E-state index contributed by atoms with van der Waals surface area (Å²) in [6.07, 6.45) is 5.57. The molecule has 6 heteroatoms. The van der Waals surface area contributed by atoms with Crippen LogP contribution in [-0.2, 0) is 0 Å². The van der Waals surface area contributed by atoms with Crippen LogP contribution in [0.4, 0.5) is 4.79 Å². The number of rotatable bonds is 2. The highest BCUT2D eigenvalue weighted by molar-refractivity contribution is 6.42. The molecule has 1 amide bonds. The lowest BCUT2D eigenvalue weighted by molar-refractivity contribution is 0.0280. The molecule has 2 fully saturated rings. The fourth-order valence-electron chi connectivity index (χ4n) is 3.74. The first-order chi connectivity index (χ1) is 11.0. The van der Waals surface area contributed by atoms with Crippen LogP contribution in [0.15, 0.2) is 18.2 Å². The van der Waals surface area contributed by atoms with Gasteiger partial charge in [0.25, 0.3) is 0 Å². The highest BCUT2D eigenvalue weighted by atomic mass is 35.5. The van der Waals surface area contributed by atoms with E-state index >= 15 is 0 Å². The molecule has 1 aromatic carbocycles. The summed E-state index contributed by atoms with van der Waals surface area (Å²) in [5.74, 6) is 0.765. The number of halogens is 2. The van der Waals surface area contributed by atoms with Gasteiger partial charge in [0.15, 0.2) is 0 Å². The maximum atomic E-state index is 11.0.